The van der Waals surface area contributed by atoms with Crippen molar-refractivity contribution in [3.05, 3.63) is 48.5 Å². The molecule has 3 rings (SSSR count). The molecule has 0 saturated heterocycles. The minimum atomic E-state index is -0.0418. The second-order valence-electron chi connectivity index (χ2n) is 6.36. The third kappa shape index (κ3) is 4.85. The van der Waals surface area contributed by atoms with Gasteiger partial charge in [0, 0.05) is 18.8 Å². The van der Waals surface area contributed by atoms with Crippen LogP contribution in [0.5, 0.6) is 5.75 Å². The Balaban J connectivity index is 1.84. The predicted octanol–water partition coefficient (Wildman–Crippen LogP) is 3.67. The molecule has 0 aliphatic rings. The molecular weight excluding hydrogens is 374 g/mol. The van der Waals surface area contributed by atoms with Crippen LogP contribution in [0.2, 0.25) is 0 Å². The molecule has 148 valence electrons. The molecule has 0 aliphatic carbocycles. The van der Waals surface area contributed by atoms with Crippen molar-refractivity contribution in [1.82, 2.24) is 14.9 Å². The number of ether oxygens (including phenoxy) is 2. The van der Waals surface area contributed by atoms with Crippen molar-refractivity contribution >= 4 is 28.7 Å². The number of carbonyl (C=O) groups is 1. The van der Waals surface area contributed by atoms with E-state index >= 15 is 0 Å². The number of imidazole rings is 1. The lowest BCUT2D eigenvalue weighted by molar-refractivity contribution is -0.119. The first-order chi connectivity index (χ1) is 13.6. The number of para-hydroxylation sites is 2. The van der Waals surface area contributed by atoms with E-state index in [-0.39, 0.29) is 17.7 Å². The number of methoxy groups -OCH3 is 1. The Kier molecular flexibility index (Phi) is 6.95. The molecule has 7 heteroatoms. The zero-order chi connectivity index (χ0) is 19.9. The normalized spacial score (nSPS) is 12.1. The van der Waals surface area contributed by atoms with Gasteiger partial charge in [-0.1, -0.05) is 23.9 Å². The molecule has 0 saturated carbocycles. The van der Waals surface area contributed by atoms with Crippen LogP contribution in [0.4, 0.5) is 0 Å². The predicted molar refractivity (Wildman–Crippen MR) is 112 cm³/mol. The molecule has 6 nitrogen and oxygen atoms in total. The van der Waals surface area contributed by atoms with Gasteiger partial charge in [0.05, 0.1) is 30.0 Å². The second kappa shape index (κ2) is 9.61. The van der Waals surface area contributed by atoms with Gasteiger partial charge in [0.1, 0.15) is 5.75 Å². The van der Waals surface area contributed by atoms with Crippen molar-refractivity contribution in [1.29, 1.82) is 0 Å². The number of nitrogens with zero attached hydrogens (tertiary/aromatic N) is 2. The molecule has 1 N–H and O–H groups in total. The number of hydrogen-bond acceptors (Lipinski definition) is 5. The summed E-state index contributed by atoms with van der Waals surface area (Å²) in [6.45, 7) is 5.00. The molecule has 0 spiro atoms. The van der Waals surface area contributed by atoms with Crippen molar-refractivity contribution in [2.24, 2.45) is 0 Å². The molecule has 1 amide bonds. The number of fused-ring (bicyclic) bond motifs is 1. The summed E-state index contributed by atoms with van der Waals surface area (Å²) in [5.74, 6) is 1.07. The van der Waals surface area contributed by atoms with Gasteiger partial charge in [-0.25, -0.2) is 4.98 Å². The first-order valence-electron chi connectivity index (χ1n) is 9.24. The Morgan fingerprint density at radius 2 is 1.96 bits per heavy atom. The fourth-order valence-corrected chi connectivity index (χ4v) is 3.79. The Labute approximate surface area is 169 Å². The van der Waals surface area contributed by atoms with Crippen LogP contribution in [-0.2, 0) is 9.53 Å². The zero-order valence-corrected chi connectivity index (χ0v) is 17.2. The van der Waals surface area contributed by atoms with Crippen LogP contribution < -0.4 is 10.1 Å². The molecule has 0 radical (unpaired) electrons. The average molecular weight is 400 g/mol. The van der Waals surface area contributed by atoms with E-state index in [0.29, 0.717) is 13.2 Å². The van der Waals surface area contributed by atoms with Gasteiger partial charge in [-0.3, -0.25) is 9.36 Å². The topological polar surface area (TPSA) is 65.4 Å². The first-order valence-corrected chi connectivity index (χ1v) is 10.2. The standard InChI is InChI=1S/C21H25N3O3S/c1-4-27-17-11-9-16(10-12-17)24-19-8-6-5-7-18(19)23-21(24)28-14-20(25)22-15(2)13-26-3/h5-12,15H,4,13-14H2,1-3H3,(H,22,25). The van der Waals surface area contributed by atoms with Crippen molar-refractivity contribution in [3.8, 4) is 11.4 Å². The zero-order valence-electron chi connectivity index (χ0n) is 16.3. The summed E-state index contributed by atoms with van der Waals surface area (Å²) in [4.78, 5) is 17.0. The molecule has 0 aliphatic heterocycles. The van der Waals surface area contributed by atoms with Crippen molar-refractivity contribution < 1.29 is 14.3 Å². The van der Waals surface area contributed by atoms with E-state index in [1.807, 2.05) is 62.4 Å². The molecule has 1 atom stereocenters. The van der Waals surface area contributed by atoms with Gasteiger partial charge in [0.25, 0.3) is 0 Å². The van der Waals surface area contributed by atoms with E-state index in [1.165, 1.54) is 11.8 Å². The lowest BCUT2D eigenvalue weighted by Gasteiger charge is -2.13. The van der Waals surface area contributed by atoms with Crippen molar-refractivity contribution in [2.45, 2.75) is 25.0 Å². The first kappa shape index (κ1) is 20.2. The average Bonchev–Trinajstić information content (AvgIpc) is 3.06. The molecule has 0 bridgehead atoms. The number of hydrogen-bond donors (Lipinski definition) is 1. The summed E-state index contributed by atoms with van der Waals surface area (Å²) in [7, 11) is 1.62. The minimum Gasteiger partial charge on any atom is -0.494 e. The smallest absolute Gasteiger partial charge is 0.230 e. The Hall–Kier alpha value is -2.51. The van der Waals surface area contributed by atoms with Gasteiger partial charge < -0.3 is 14.8 Å². The van der Waals surface area contributed by atoms with E-state index < -0.39 is 0 Å². The summed E-state index contributed by atoms with van der Waals surface area (Å²) in [6.07, 6.45) is 0. The van der Waals surface area contributed by atoms with Gasteiger partial charge >= 0.3 is 0 Å². The number of thioether (sulfide) groups is 1. The second-order valence-corrected chi connectivity index (χ2v) is 7.30. The maximum atomic E-state index is 12.2. The van der Waals surface area contributed by atoms with Crippen LogP contribution in [0.3, 0.4) is 0 Å². The van der Waals surface area contributed by atoms with E-state index in [2.05, 4.69) is 9.88 Å². The van der Waals surface area contributed by atoms with Crippen molar-refractivity contribution in [2.75, 3.05) is 26.1 Å². The minimum absolute atomic E-state index is 0.0250. The monoisotopic (exact) mass is 399 g/mol. The van der Waals surface area contributed by atoms with Gasteiger partial charge in [-0.2, -0.15) is 0 Å². The Bertz CT molecular complexity index is 924. The summed E-state index contributed by atoms with van der Waals surface area (Å²) >= 11 is 1.42. The third-order valence-corrected chi connectivity index (χ3v) is 5.03. The van der Waals surface area contributed by atoms with Gasteiger partial charge in [0.15, 0.2) is 5.16 Å². The van der Waals surface area contributed by atoms with Crippen LogP contribution in [0.1, 0.15) is 13.8 Å². The third-order valence-electron chi connectivity index (χ3n) is 4.09. The highest BCUT2D eigenvalue weighted by Crippen LogP contribution is 2.28. The van der Waals surface area contributed by atoms with Crippen LogP contribution in [0, 0.1) is 0 Å². The number of nitrogens with one attached hydrogen (secondary N) is 1. The van der Waals surface area contributed by atoms with Crippen LogP contribution in [-0.4, -0.2) is 47.6 Å². The molecule has 1 heterocycles. The molecule has 3 aromatic rings. The maximum Gasteiger partial charge on any atom is 0.230 e. The van der Waals surface area contributed by atoms with Gasteiger partial charge in [-0.15, -0.1) is 0 Å². The number of carbonyl (C=O) groups excluding carboxylic acids is 1. The number of benzene rings is 2. The van der Waals surface area contributed by atoms with Gasteiger partial charge in [0.2, 0.25) is 5.91 Å². The fraction of sp³-hybridized carbons (Fsp3) is 0.333. The highest BCUT2D eigenvalue weighted by atomic mass is 32.2. The van der Waals surface area contributed by atoms with E-state index in [4.69, 9.17) is 14.5 Å². The van der Waals surface area contributed by atoms with E-state index in [1.54, 1.807) is 7.11 Å². The fourth-order valence-electron chi connectivity index (χ4n) is 2.95. The molecule has 0 fully saturated rings. The molecular formula is C21H25N3O3S. The largest absolute Gasteiger partial charge is 0.494 e. The Morgan fingerprint density at radius 3 is 2.68 bits per heavy atom. The quantitative estimate of drug-likeness (QED) is 0.556. The van der Waals surface area contributed by atoms with Crippen LogP contribution in [0.15, 0.2) is 53.7 Å². The number of rotatable bonds is 9. The van der Waals surface area contributed by atoms with E-state index in [9.17, 15) is 4.79 Å². The van der Waals surface area contributed by atoms with Gasteiger partial charge in [-0.05, 0) is 50.2 Å². The molecule has 2 aromatic carbocycles. The highest BCUT2D eigenvalue weighted by molar-refractivity contribution is 7.99. The maximum absolute atomic E-state index is 12.2. The summed E-state index contributed by atoms with van der Waals surface area (Å²) < 4.78 is 12.7. The molecule has 1 aromatic heterocycles. The van der Waals surface area contributed by atoms with Crippen molar-refractivity contribution in [3.63, 3.8) is 0 Å². The summed E-state index contributed by atoms with van der Waals surface area (Å²) in [5, 5.41) is 3.70. The molecule has 1 unspecified atom stereocenters. The lowest BCUT2D eigenvalue weighted by Crippen LogP contribution is -2.36. The van der Waals surface area contributed by atoms with Crippen LogP contribution in [0.25, 0.3) is 16.7 Å². The lowest BCUT2D eigenvalue weighted by atomic mass is 10.2. The number of amides is 1. The Morgan fingerprint density at radius 1 is 1.21 bits per heavy atom. The molecule has 28 heavy (non-hydrogen) atoms. The number of aromatic nitrogens is 2. The summed E-state index contributed by atoms with van der Waals surface area (Å²) in [6, 6.07) is 15.8. The highest BCUT2D eigenvalue weighted by Gasteiger charge is 2.15. The SMILES string of the molecule is CCOc1ccc(-n2c(SCC(=O)NC(C)COC)nc3ccccc32)cc1. The van der Waals surface area contributed by atoms with E-state index in [0.717, 1.165) is 27.6 Å². The van der Waals surface area contributed by atoms with Crippen LogP contribution >= 0.6 is 11.8 Å². The summed E-state index contributed by atoms with van der Waals surface area (Å²) in [5.41, 5.74) is 2.88.